The van der Waals surface area contributed by atoms with Gasteiger partial charge in [0.25, 0.3) is 5.91 Å². The first-order valence-electron chi connectivity index (χ1n) is 7.57. The molecule has 0 saturated carbocycles. The van der Waals surface area contributed by atoms with Gasteiger partial charge in [-0.15, -0.1) is 0 Å². The number of hydrogen-bond donors (Lipinski definition) is 1. The number of carbonyl (C=O) groups excluding carboxylic acids is 2. The molecule has 0 radical (unpaired) electrons. The first-order chi connectivity index (χ1) is 11.7. The van der Waals surface area contributed by atoms with Gasteiger partial charge in [-0.2, -0.15) is 0 Å². The van der Waals surface area contributed by atoms with E-state index in [2.05, 4.69) is 5.43 Å². The van der Waals surface area contributed by atoms with Crippen LogP contribution in [0.15, 0.2) is 66.7 Å². The molecule has 0 aliphatic carbocycles. The Balaban J connectivity index is 1.53. The smallest absolute Gasteiger partial charge is 0.426 e. The molecule has 3 aromatic carbocycles. The van der Waals surface area contributed by atoms with Crippen LogP contribution in [0.3, 0.4) is 0 Å². The van der Waals surface area contributed by atoms with Crippen LogP contribution in [0.4, 0.5) is 10.5 Å². The zero-order chi connectivity index (χ0) is 16.5. The summed E-state index contributed by atoms with van der Waals surface area (Å²) in [6.07, 6.45) is -0.669. The zero-order valence-corrected chi connectivity index (χ0v) is 12.7. The van der Waals surface area contributed by atoms with Gasteiger partial charge in [0, 0.05) is 5.39 Å². The summed E-state index contributed by atoms with van der Waals surface area (Å²) in [5, 5.41) is 3.04. The highest BCUT2D eigenvalue weighted by Crippen LogP contribution is 2.35. The highest BCUT2D eigenvalue weighted by molar-refractivity contribution is 6.25. The van der Waals surface area contributed by atoms with Gasteiger partial charge in [-0.25, -0.2) is 15.2 Å². The van der Waals surface area contributed by atoms with E-state index in [0.29, 0.717) is 11.3 Å². The van der Waals surface area contributed by atoms with Crippen LogP contribution in [0, 0.1) is 0 Å². The van der Waals surface area contributed by atoms with E-state index in [-0.39, 0.29) is 12.5 Å². The summed E-state index contributed by atoms with van der Waals surface area (Å²) in [4.78, 5) is 24.6. The topological polar surface area (TPSA) is 58.6 Å². The van der Waals surface area contributed by atoms with Gasteiger partial charge in [0.2, 0.25) is 0 Å². The number of benzene rings is 3. The third-order valence-electron chi connectivity index (χ3n) is 3.97. The van der Waals surface area contributed by atoms with E-state index in [1.54, 1.807) is 12.1 Å². The quantitative estimate of drug-likeness (QED) is 0.802. The standard InChI is InChI=1S/C19H14N2O3/c22-18-15-10-4-8-14-9-5-11-16(17(14)15)21(18)20-19(23)24-12-13-6-2-1-3-7-13/h1-11H,12H2,(H,20,23). The lowest BCUT2D eigenvalue weighted by atomic mass is 10.1. The maximum Gasteiger partial charge on any atom is 0.426 e. The van der Waals surface area contributed by atoms with Crippen molar-refractivity contribution in [1.82, 2.24) is 5.43 Å². The second-order valence-corrected chi connectivity index (χ2v) is 5.49. The Morgan fingerprint density at radius 3 is 2.50 bits per heavy atom. The third kappa shape index (κ3) is 2.36. The van der Waals surface area contributed by atoms with Gasteiger partial charge < -0.3 is 4.74 Å². The van der Waals surface area contributed by atoms with Crippen LogP contribution in [0.25, 0.3) is 10.8 Å². The van der Waals surface area contributed by atoms with Crippen molar-refractivity contribution >= 4 is 28.5 Å². The van der Waals surface area contributed by atoms with E-state index < -0.39 is 6.09 Å². The van der Waals surface area contributed by atoms with Gasteiger partial charge in [0.05, 0.1) is 11.3 Å². The number of nitrogens with one attached hydrogen (secondary N) is 1. The summed E-state index contributed by atoms with van der Waals surface area (Å²) < 4.78 is 5.19. The minimum absolute atomic E-state index is 0.145. The molecule has 1 N–H and O–H groups in total. The minimum atomic E-state index is -0.669. The van der Waals surface area contributed by atoms with Gasteiger partial charge in [0.1, 0.15) is 6.61 Å². The molecule has 1 aliphatic heterocycles. The second-order valence-electron chi connectivity index (χ2n) is 5.49. The molecule has 0 atom stereocenters. The number of carbonyl (C=O) groups is 2. The third-order valence-corrected chi connectivity index (χ3v) is 3.97. The number of nitrogens with zero attached hydrogens (tertiary/aromatic N) is 1. The van der Waals surface area contributed by atoms with Crippen molar-refractivity contribution in [3.8, 4) is 0 Å². The molecule has 0 bridgehead atoms. The first-order valence-corrected chi connectivity index (χ1v) is 7.57. The van der Waals surface area contributed by atoms with Gasteiger partial charge in [-0.05, 0) is 23.1 Å². The Morgan fingerprint density at radius 1 is 0.958 bits per heavy atom. The van der Waals surface area contributed by atoms with E-state index >= 15 is 0 Å². The normalized spacial score (nSPS) is 12.5. The van der Waals surface area contributed by atoms with Crippen LogP contribution < -0.4 is 10.4 Å². The van der Waals surface area contributed by atoms with E-state index in [0.717, 1.165) is 16.3 Å². The van der Waals surface area contributed by atoms with Crippen molar-refractivity contribution in [2.24, 2.45) is 0 Å². The average molecular weight is 318 g/mol. The van der Waals surface area contributed by atoms with Gasteiger partial charge in [0.15, 0.2) is 0 Å². The summed E-state index contributed by atoms with van der Waals surface area (Å²) >= 11 is 0. The molecular weight excluding hydrogens is 304 g/mol. The lowest BCUT2D eigenvalue weighted by molar-refractivity contribution is 0.0961. The SMILES string of the molecule is O=C(NN1C(=O)c2cccc3cccc1c23)OCc1ccccc1. The molecular formula is C19H14N2O3. The van der Waals surface area contributed by atoms with Crippen LogP contribution >= 0.6 is 0 Å². The molecule has 0 fully saturated rings. The maximum absolute atomic E-state index is 12.5. The largest absolute Gasteiger partial charge is 0.443 e. The van der Waals surface area contributed by atoms with E-state index in [4.69, 9.17) is 4.74 Å². The monoisotopic (exact) mass is 318 g/mol. The van der Waals surface area contributed by atoms with E-state index in [9.17, 15) is 9.59 Å². The van der Waals surface area contributed by atoms with Crippen molar-refractivity contribution in [2.75, 3.05) is 5.01 Å². The fraction of sp³-hybridized carbons (Fsp3) is 0.0526. The van der Waals surface area contributed by atoms with Crippen molar-refractivity contribution < 1.29 is 14.3 Å². The van der Waals surface area contributed by atoms with Crippen LogP contribution in [-0.4, -0.2) is 12.0 Å². The van der Waals surface area contributed by atoms with Crippen molar-refractivity contribution in [3.05, 3.63) is 77.9 Å². The fourth-order valence-electron chi connectivity index (χ4n) is 2.87. The van der Waals surface area contributed by atoms with Crippen molar-refractivity contribution in [1.29, 1.82) is 0 Å². The van der Waals surface area contributed by atoms with Gasteiger partial charge in [-0.3, -0.25) is 4.79 Å². The Morgan fingerprint density at radius 2 is 1.71 bits per heavy atom. The molecule has 5 nitrogen and oxygen atoms in total. The molecule has 5 heteroatoms. The Bertz CT molecular complexity index is 933. The number of rotatable bonds is 3. The molecule has 2 amide bonds. The van der Waals surface area contributed by atoms with Crippen molar-refractivity contribution in [3.63, 3.8) is 0 Å². The highest BCUT2D eigenvalue weighted by Gasteiger charge is 2.31. The molecule has 0 spiro atoms. The molecule has 3 aromatic rings. The molecule has 118 valence electrons. The number of hydrogen-bond acceptors (Lipinski definition) is 3. The van der Waals surface area contributed by atoms with E-state index in [1.165, 1.54) is 5.01 Å². The van der Waals surface area contributed by atoms with Crippen LogP contribution in [0.1, 0.15) is 15.9 Å². The average Bonchev–Trinajstić information content (AvgIpc) is 2.89. The summed E-state index contributed by atoms with van der Waals surface area (Å²) in [5.74, 6) is -0.265. The number of hydrazine groups is 1. The second kappa shape index (κ2) is 5.70. The maximum atomic E-state index is 12.5. The summed E-state index contributed by atoms with van der Waals surface area (Å²) in [7, 11) is 0. The Kier molecular flexibility index (Phi) is 3.39. The van der Waals surface area contributed by atoms with Crippen molar-refractivity contribution in [2.45, 2.75) is 6.61 Å². The number of ether oxygens (including phenoxy) is 1. The molecule has 0 saturated heterocycles. The van der Waals surface area contributed by atoms with Gasteiger partial charge in [-0.1, -0.05) is 54.6 Å². The van der Waals surface area contributed by atoms with E-state index in [1.807, 2.05) is 54.6 Å². The number of amides is 2. The summed E-state index contributed by atoms with van der Waals surface area (Å²) in [6.45, 7) is 0.145. The molecule has 0 unspecified atom stereocenters. The van der Waals surface area contributed by atoms with Crippen LogP contribution in [0.5, 0.6) is 0 Å². The molecule has 24 heavy (non-hydrogen) atoms. The Labute approximate surface area is 138 Å². The number of anilines is 1. The predicted molar refractivity (Wildman–Crippen MR) is 90.5 cm³/mol. The molecule has 0 aromatic heterocycles. The first kappa shape index (κ1) is 14.3. The van der Waals surface area contributed by atoms with Crippen LogP contribution in [0.2, 0.25) is 0 Å². The summed E-state index contributed by atoms with van der Waals surface area (Å²) in [6, 6.07) is 20.5. The fourth-order valence-corrected chi connectivity index (χ4v) is 2.87. The minimum Gasteiger partial charge on any atom is -0.443 e. The molecule has 4 rings (SSSR count). The summed E-state index contributed by atoms with van der Waals surface area (Å²) in [5.41, 5.74) is 4.64. The molecule has 1 aliphatic rings. The Hall–Kier alpha value is -3.34. The lowest BCUT2D eigenvalue weighted by Crippen LogP contribution is -2.44. The predicted octanol–water partition coefficient (Wildman–Crippen LogP) is 3.64. The van der Waals surface area contributed by atoms with Gasteiger partial charge >= 0.3 is 6.09 Å². The van der Waals surface area contributed by atoms with Crippen LogP contribution in [-0.2, 0) is 11.3 Å². The zero-order valence-electron chi connectivity index (χ0n) is 12.7. The molecule has 1 heterocycles. The lowest BCUT2D eigenvalue weighted by Gasteiger charge is -2.18. The highest BCUT2D eigenvalue weighted by atomic mass is 16.6.